The number of rotatable bonds is 32. The highest BCUT2D eigenvalue weighted by atomic mass is 16.5. The molecule has 0 spiro atoms. The molecular weight excluding hydrogens is 817 g/mol. The van der Waals surface area contributed by atoms with Crippen LogP contribution < -0.4 is 0 Å². The van der Waals surface area contributed by atoms with Gasteiger partial charge in [0.15, 0.2) is 0 Å². The molecule has 6 rings (SSSR count). The number of unbranched alkanes of at least 4 members (excludes halogenated alkanes) is 16. The van der Waals surface area contributed by atoms with Crippen molar-refractivity contribution in [2.24, 2.45) is 0 Å². The molecule has 4 aromatic carbocycles. The van der Waals surface area contributed by atoms with Crippen molar-refractivity contribution in [1.29, 1.82) is 0 Å². The van der Waals surface area contributed by atoms with Crippen LogP contribution in [-0.2, 0) is 30.4 Å². The van der Waals surface area contributed by atoms with Gasteiger partial charge in [0.25, 0.3) is 0 Å². The molecule has 0 saturated carbocycles. The Morgan fingerprint density at radius 3 is 0.910 bits per heavy atom. The Kier molecular flexibility index (Phi) is 22.8. The van der Waals surface area contributed by atoms with E-state index in [2.05, 4.69) is 125 Å². The Balaban J connectivity index is 1.23. The Morgan fingerprint density at radius 1 is 0.313 bits per heavy atom. The van der Waals surface area contributed by atoms with E-state index < -0.39 is 12.2 Å². The summed E-state index contributed by atoms with van der Waals surface area (Å²) >= 11 is 0. The lowest BCUT2D eigenvalue weighted by Crippen LogP contribution is -2.16. The van der Waals surface area contributed by atoms with Crippen molar-refractivity contribution in [3.05, 3.63) is 167 Å². The van der Waals surface area contributed by atoms with Gasteiger partial charge in [0, 0.05) is 11.1 Å². The minimum Gasteiger partial charge on any atom is -0.353 e. The van der Waals surface area contributed by atoms with Crippen LogP contribution in [0, 0.1) is 0 Å². The van der Waals surface area contributed by atoms with E-state index in [1.807, 2.05) is 24.8 Å². The largest absolute Gasteiger partial charge is 0.353 e. The van der Waals surface area contributed by atoms with E-state index in [0.29, 0.717) is 0 Å². The van der Waals surface area contributed by atoms with E-state index in [1.165, 1.54) is 151 Å². The van der Waals surface area contributed by atoms with E-state index in [0.717, 1.165) is 70.7 Å². The van der Waals surface area contributed by atoms with Gasteiger partial charge in [-0.25, -0.2) is 0 Å². The first-order valence-corrected chi connectivity index (χ1v) is 26.7. The van der Waals surface area contributed by atoms with Gasteiger partial charge in [0.2, 0.25) is 0 Å². The van der Waals surface area contributed by atoms with Crippen LogP contribution >= 0.6 is 0 Å². The van der Waals surface area contributed by atoms with Gasteiger partial charge in [-0.2, -0.15) is 0 Å². The third-order valence-electron chi connectivity index (χ3n) is 13.5. The first-order valence-electron chi connectivity index (χ1n) is 26.7. The zero-order valence-electron chi connectivity index (χ0n) is 41.9. The topological polar surface area (TPSA) is 60.8 Å². The number of benzene rings is 4. The van der Waals surface area contributed by atoms with Gasteiger partial charge < -0.3 is 4.74 Å². The van der Waals surface area contributed by atoms with Gasteiger partial charge in [-0.3, -0.25) is 19.9 Å². The molecule has 0 fully saturated rings. The molecule has 0 N–H and O–H groups in total. The summed E-state index contributed by atoms with van der Waals surface area (Å²) in [6, 6.07) is 35.7. The molecule has 2 aromatic heterocycles. The Bertz CT molecular complexity index is 2040. The third kappa shape index (κ3) is 17.2. The lowest BCUT2D eigenvalue weighted by molar-refractivity contribution is 0.0258. The molecule has 0 bridgehead atoms. The molecule has 0 amide bonds. The summed E-state index contributed by atoms with van der Waals surface area (Å²) in [5.41, 5.74) is 12.9. The maximum Gasteiger partial charge on any atom is 0.127 e. The monoisotopic (exact) mass is 899 g/mol. The molecule has 67 heavy (non-hydrogen) atoms. The molecule has 0 aliphatic rings. The average Bonchev–Trinajstić information content (AvgIpc) is 3.37. The van der Waals surface area contributed by atoms with E-state index in [4.69, 9.17) is 24.7 Å². The molecule has 2 heterocycles. The first kappa shape index (κ1) is 51.4. The summed E-state index contributed by atoms with van der Waals surface area (Å²) in [5.74, 6) is 0. The summed E-state index contributed by atoms with van der Waals surface area (Å²) in [6.07, 6.45) is 36.9. The maximum atomic E-state index is 7.34. The van der Waals surface area contributed by atoms with Crippen molar-refractivity contribution in [2.75, 3.05) is 0 Å². The quantitative estimate of drug-likeness (QED) is 0.0395. The van der Waals surface area contributed by atoms with Crippen LogP contribution in [-0.4, -0.2) is 19.9 Å². The van der Waals surface area contributed by atoms with Gasteiger partial charge in [-0.15, -0.1) is 0 Å². The van der Waals surface area contributed by atoms with Crippen LogP contribution in [0.2, 0.25) is 0 Å². The third-order valence-corrected chi connectivity index (χ3v) is 13.5. The smallest absolute Gasteiger partial charge is 0.127 e. The van der Waals surface area contributed by atoms with Crippen molar-refractivity contribution in [3.63, 3.8) is 0 Å². The number of ether oxygens (including phenoxy) is 1. The summed E-state index contributed by atoms with van der Waals surface area (Å²) < 4.78 is 7.34. The molecule has 2 unspecified atom stereocenters. The first-order chi connectivity index (χ1) is 33.1. The van der Waals surface area contributed by atoms with Crippen molar-refractivity contribution in [2.45, 2.75) is 194 Å². The Labute approximate surface area is 406 Å². The fourth-order valence-corrected chi connectivity index (χ4v) is 9.15. The molecule has 0 aliphatic heterocycles. The van der Waals surface area contributed by atoms with Crippen LogP contribution in [0.3, 0.4) is 0 Å². The fourth-order valence-electron chi connectivity index (χ4n) is 9.15. The molecule has 0 aliphatic carbocycles. The summed E-state index contributed by atoms with van der Waals surface area (Å²) in [5, 5.41) is 0. The standard InChI is InChI=1S/C62H82N4O/c1-5-9-13-15-17-19-23-27-51-29-37-53(38-30-51)57-45-65-59(47-63-57)61(55-41-33-49(34-42-55)25-21-11-7-3)67-62(56-43-35-50(36-44-56)26-22-12-8-4)60-48-64-58(46-66-60)54-39-31-52(32-40-54)28-24-20-18-16-14-10-6-2/h29-48,61-62H,5-28H2,1-4H3. The van der Waals surface area contributed by atoms with Crippen molar-refractivity contribution in [3.8, 4) is 22.5 Å². The highest BCUT2D eigenvalue weighted by molar-refractivity contribution is 5.59. The zero-order valence-corrected chi connectivity index (χ0v) is 41.9. The van der Waals surface area contributed by atoms with E-state index in [9.17, 15) is 0 Å². The molecule has 5 nitrogen and oxygen atoms in total. The molecule has 5 heteroatoms. The SMILES string of the molecule is CCCCCCCCCc1ccc(-c2cnc(C(OC(c3ccc(CCCCC)cc3)c3cnc(-c4ccc(CCCCCCCCC)cc4)cn3)c3ccc(CCCCC)cc3)cn2)cc1. The summed E-state index contributed by atoms with van der Waals surface area (Å²) in [4.78, 5) is 20.2. The second-order valence-corrected chi connectivity index (χ2v) is 19.1. The lowest BCUT2D eigenvalue weighted by Gasteiger charge is -2.25. The van der Waals surface area contributed by atoms with Crippen molar-refractivity contribution >= 4 is 0 Å². The van der Waals surface area contributed by atoms with E-state index in [-0.39, 0.29) is 0 Å². The van der Waals surface area contributed by atoms with Gasteiger partial charge in [0.1, 0.15) is 12.2 Å². The number of nitrogens with zero attached hydrogens (tertiary/aromatic N) is 4. The van der Waals surface area contributed by atoms with Gasteiger partial charge >= 0.3 is 0 Å². The van der Waals surface area contributed by atoms with Gasteiger partial charge in [0.05, 0.1) is 47.6 Å². The van der Waals surface area contributed by atoms with Crippen LogP contribution in [0.15, 0.2) is 122 Å². The maximum absolute atomic E-state index is 7.34. The van der Waals surface area contributed by atoms with Gasteiger partial charge in [-0.05, 0) is 84.7 Å². The summed E-state index contributed by atoms with van der Waals surface area (Å²) in [6.45, 7) is 9.08. The van der Waals surface area contributed by atoms with Crippen LogP contribution in [0.1, 0.15) is 213 Å². The second-order valence-electron chi connectivity index (χ2n) is 19.1. The highest BCUT2D eigenvalue weighted by Gasteiger charge is 2.26. The molecule has 0 saturated heterocycles. The fraction of sp³-hybridized carbons (Fsp3) is 0.484. The Hall–Kier alpha value is -5.00. The molecule has 356 valence electrons. The lowest BCUT2D eigenvalue weighted by atomic mass is 9.99. The number of hydrogen-bond donors (Lipinski definition) is 0. The van der Waals surface area contributed by atoms with E-state index >= 15 is 0 Å². The highest BCUT2D eigenvalue weighted by Crippen LogP contribution is 2.36. The molecular formula is C62H82N4O. The average molecular weight is 899 g/mol. The minimum atomic E-state index is -0.491. The molecule has 0 radical (unpaired) electrons. The van der Waals surface area contributed by atoms with Crippen LogP contribution in [0.5, 0.6) is 0 Å². The van der Waals surface area contributed by atoms with Crippen molar-refractivity contribution in [1.82, 2.24) is 19.9 Å². The summed E-state index contributed by atoms with van der Waals surface area (Å²) in [7, 11) is 0. The van der Waals surface area contributed by atoms with Crippen LogP contribution in [0.4, 0.5) is 0 Å². The van der Waals surface area contributed by atoms with Crippen LogP contribution in [0.25, 0.3) is 22.5 Å². The van der Waals surface area contributed by atoms with E-state index in [1.54, 1.807) is 0 Å². The number of aromatic nitrogens is 4. The molecule has 6 aromatic rings. The molecule has 2 atom stereocenters. The predicted octanol–water partition coefficient (Wildman–Crippen LogP) is 17.5. The predicted molar refractivity (Wildman–Crippen MR) is 282 cm³/mol. The number of hydrogen-bond acceptors (Lipinski definition) is 5. The normalized spacial score (nSPS) is 12.4. The zero-order chi connectivity index (χ0) is 46.7. The number of aryl methyl sites for hydroxylation is 4. The second kappa shape index (κ2) is 29.7. The van der Waals surface area contributed by atoms with Gasteiger partial charge in [-0.1, -0.05) is 227 Å². The van der Waals surface area contributed by atoms with Crippen molar-refractivity contribution < 1.29 is 4.74 Å². The Morgan fingerprint density at radius 2 is 0.597 bits per heavy atom. The minimum absolute atomic E-state index is 0.491.